The number of anilines is 2. The highest BCUT2D eigenvalue weighted by Gasteiger charge is 2.33. The van der Waals surface area contributed by atoms with Crippen LogP contribution >= 0.6 is 0 Å². The van der Waals surface area contributed by atoms with Crippen LogP contribution in [0.25, 0.3) is 0 Å². The largest absolute Gasteiger partial charge is 0.416 e. The van der Waals surface area contributed by atoms with Gasteiger partial charge in [-0.3, -0.25) is 4.79 Å². The smallest absolute Gasteiger partial charge is 0.378 e. The minimum Gasteiger partial charge on any atom is -0.378 e. The molecular formula is C25H30F3N3O. The van der Waals surface area contributed by atoms with E-state index in [9.17, 15) is 18.0 Å². The Morgan fingerprint density at radius 2 is 1.75 bits per heavy atom. The van der Waals surface area contributed by atoms with Crippen LogP contribution in [0.15, 0.2) is 42.5 Å². The van der Waals surface area contributed by atoms with Crippen molar-refractivity contribution in [1.82, 2.24) is 4.90 Å². The molecule has 2 aliphatic rings. The number of carbonyl (C=O) groups is 1. The van der Waals surface area contributed by atoms with Gasteiger partial charge in [0.25, 0.3) is 0 Å². The normalized spacial score (nSPS) is 18.2. The van der Waals surface area contributed by atoms with Crippen LogP contribution in [0.4, 0.5) is 24.5 Å². The van der Waals surface area contributed by atoms with E-state index in [1.165, 1.54) is 18.9 Å². The van der Waals surface area contributed by atoms with Crippen molar-refractivity contribution < 1.29 is 18.0 Å². The lowest BCUT2D eigenvalue weighted by Crippen LogP contribution is -2.44. The summed E-state index contributed by atoms with van der Waals surface area (Å²) in [7, 11) is 0. The molecule has 4 nitrogen and oxygen atoms in total. The topological polar surface area (TPSA) is 35.6 Å². The quantitative estimate of drug-likeness (QED) is 0.606. The average molecular weight is 446 g/mol. The molecule has 4 rings (SSSR count). The Morgan fingerprint density at radius 1 is 1.03 bits per heavy atom. The number of hydrogen-bond acceptors (Lipinski definition) is 4. The number of carbonyl (C=O) groups excluding carboxylic acids is 1. The van der Waals surface area contributed by atoms with Crippen molar-refractivity contribution in [1.29, 1.82) is 0 Å². The van der Waals surface area contributed by atoms with Gasteiger partial charge < -0.3 is 15.1 Å². The molecule has 2 aliphatic heterocycles. The minimum atomic E-state index is -4.50. The average Bonchev–Trinajstić information content (AvgIpc) is 3.32. The summed E-state index contributed by atoms with van der Waals surface area (Å²) in [5.74, 6) is -0.356. The maximum atomic E-state index is 13.6. The first-order chi connectivity index (χ1) is 15.3. The molecule has 0 unspecified atom stereocenters. The van der Waals surface area contributed by atoms with Crippen LogP contribution in [0.2, 0.25) is 0 Å². The summed E-state index contributed by atoms with van der Waals surface area (Å²) < 4.78 is 40.8. The van der Waals surface area contributed by atoms with Gasteiger partial charge in [0.05, 0.1) is 12.1 Å². The molecule has 0 spiro atoms. The van der Waals surface area contributed by atoms with E-state index >= 15 is 0 Å². The molecule has 2 aromatic carbocycles. The van der Waals surface area contributed by atoms with E-state index in [0.29, 0.717) is 24.8 Å². The predicted octanol–water partition coefficient (Wildman–Crippen LogP) is 5.37. The Morgan fingerprint density at radius 3 is 2.41 bits per heavy atom. The number of alkyl halides is 3. The highest BCUT2D eigenvalue weighted by Crippen LogP contribution is 2.34. The molecule has 0 atom stereocenters. The first kappa shape index (κ1) is 22.6. The summed E-state index contributed by atoms with van der Waals surface area (Å²) in [5, 5.41) is 3.03. The highest BCUT2D eigenvalue weighted by molar-refractivity contribution is 6.00. The Kier molecular flexibility index (Phi) is 6.74. The van der Waals surface area contributed by atoms with Crippen LogP contribution in [0.5, 0.6) is 0 Å². The lowest BCUT2D eigenvalue weighted by atomic mass is 10.00. The van der Waals surface area contributed by atoms with Gasteiger partial charge in [0, 0.05) is 36.1 Å². The molecule has 0 aromatic heterocycles. The van der Waals surface area contributed by atoms with Crippen LogP contribution in [-0.4, -0.2) is 49.4 Å². The molecule has 172 valence electrons. The second-order valence-corrected chi connectivity index (χ2v) is 8.87. The zero-order chi connectivity index (χ0) is 22.7. The molecule has 32 heavy (non-hydrogen) atoms. The van der Waals surface area contributed by atoms with E-state index in [2.05, 4.69) is 10.2 Å². The second-order valence-electron chi connectivity index (χ2n) is 8.87. The summed E-state index contributed by atoms with van der Waals surface area (Å²) in [5.41, 5.74) is 1.63. The number of hydrogen-bond donors (Lipinski definition) is 1. The lowest BCUT2D eigenvalue weighted by Gasteiger charge is -2.38. The Labute approximate surface area is 187 Å². The Bertz CT molecular complexity index is 946. The number of rotatable bonds is 6. The maximum absolute atomic E-state index is 13.6. The van der Waals surface area contributed by atoms with Crippen LogP contribution < -0.4 is 10.2 Å². The monoisotopic (exact) mass is 445 g/mol. The number of nitrogens with zero attached hydrogens (tertiary/aromatic N) is 2. The SMILES string of the molecule is Cc1cccc(NCC(=O)c2cc(N3CCC(N4CCCC4)CC3)cc(C(F)(F)F)c2)c1. The fourth-order valence-corrected chi connectivity index (χ4v) is 4.75. The van der Waals surface area contributed by atoms with Gasteiger partial charge in [0.1, 0.15) is 0 Å². The van der Waals surface area contributed by atoms with Crippen molar-refractivity contribution in [2.45, 2.75) is 44.8 Å². The lowest BCUT2D eigenvalue weighted by molar-refractivity contribution is -0.137. The summed E-state index contributed by atoms with van der Waals surface area (Å²) in [6, 6.07) is 11.8. The predicted molar refractivity (Wildman–Crippen MR) is 121 cm³/mol. The molecule has 0 bridgehead atoms. The fourth-order valence-electron chi connectivity index (χ4n) is 4.75. The van der Waals surface area contributed by atoms with Crippen molar-refractivity contribution in [3.63, 3.8) is 0 Å². The van der Waals surface area contributed by atoms with Gasteiger partial charge >= 0.3 is 6.18 Å². The zero-order valence-electron chi connectivity index (χ0n) is 18.4. The van der Waals surface area contributed by atoms with E-state index in [1.54, 1.807) is 6.07 Å². The zero-order valence-corrected chi connectivity index (χ0v) is 18.4. The first-order valence-corrected chi connectivity index (χ1v) is 11.3. The second kappa shape index (κ2) is 9.53. The molecule has 0 aliphatic carbocycles. The van der Waals surface area contributed by atoms with Crippen molar-refractivity contribution in [2.24, 2.45) is 0 Å². The van der Waals surface area contributed by atoms with Gasteiger partial charge in [-0.1, -0.05) is 12.1 Å². The molecule has 7 heteroatoms. The Balaban J connectivity index is 1.49. The number of halogens is 3. The van der Waals surface area contributed by atoms with Crippen molar-refractivity contribution >= 4 is 17.2 Å². The van der Waals surface area contributed by atoms with Crippen LogP contribution in [0.3, 0.4) is 0 Å². The standard InChI is InChI=1S/C25H30F3N3O/c1-18-5-4-6-21(13-18)29-17-24(32)19-14-20(25(26,27)28)16-23(15-19)31-11-7-22(8-12-31)30-9-2-3-10-30/h4-6,13-16,22,29H,2-3,7-12,17H2,1H3. The number of ketones is 1. The highest BCUT2D eigenvalue weighted by atomic mass is 19.4. The van der Waals surface area contributed by atoms with Gasteiger partial charge in [-0.05, 0) is 81.6 Å². The number of aryl methyl sites for hydroxylation is 1. The molecule has 2 aromatic rings. The molecular weight excluding hydrogens is 415 g/mol. The van der Waals surface area contributed by atoms with Crippen molar-refractivity contribution in [2.75, 3.05) is 42.9 Å². The van der Waals surface area contributed by atoms with Gasteiger partial charge in [0.15, 0.2) is 5.78 Å². The van der Waals surface area contributed by atoms with E-state index < -0.39 is 11.7 Å². The van der Waals surface area contributed by atoms with Crippen LogP contribution in [-0.2, 0) is 6.18 Å². The summed E-state index contributed by atoms with van der Waals surface area (Å²) in [6.45, 7) is 5.55. The third-order valence-electron chi connectivity index (χ3n) is 6.52. The maximum Gasteiger partial charge on any atom is 0.416 e. The van der Waals surface area contributed by atoms with Gasteiger partial charge in [-0.2, -0.15) is 13.2 Å². The van der Waals surface area contributed by atoms with Crippen molar-refractivity contribution in [3.05, 3.63) is 59.2 Å². The molecule has 2 heterocycles. The number of piperidine rings is 1. The summed E-state index contributed by atoms with van der Waals surface area (Å²) >= 11 is 0. The molecule has 2 fully saturated rings. The third kappa shape index (κ3) is 5.44. The van der Waals surface area contributed by atoms with E-state index in [0.717, 1.165) is 43.2 Å². The van der Waals surface area contributed by atoms with Gasteiger partial charge in [0.2, 0.25) is 0 Å². The summed E-state index contributed by atoms with van der Waals surface area (Å²) in [6.07, 6.45) is -0.155. The summed E-state index contributed by atoms with van der Waals surface area (Å²) in [4.78, 5) is 17.3. The number of Topliss-reactive ketones (excluding diaryl/α,β-unsaturated/α-hetero) is 1. The van der Waals surface area contributed by atoms with E-state index in [-0.39, 0.29) is 17.9 Å². The van der Waals surface area contributed by atoms with Crippen LogP contribution in [0.1, 0.15) is 47.2 Å². The molecule has 1 N–H and O–H groups in total. The Hall–Kier alpha value is -2.54. The minimum absolute atomic E-state index is 0.0543. The molecule has 0 radical (unpaired) electrons. The number of benzene rings is 2. The third-order valence-corrected chi connectivity index (χ3v) is 6.52. The first-order valence-electron chi connectivity index (χ1n) is 11.3. The fraction of sp³-hybridized carbons (Fsp3) is 0.480. The number of likely N-dealkylation sites (tertiary alicyclic amines) is 1. The van der Waals surface area contributed by atoms with Gasteiger partial charge in [-0.15, -0.1) is 0 Å². The molecule has 2 saturated heterocycles. The van der Waals surface area contributed by atoms with E-state index in [1.807, 2.05) is 36.1 Å². The van der Waals surface area contributed by atoms with E-state index in [4.69, 9.17) is 0 Å². The van der Waals surface area contributed by atoms with Crippen LogP contribution in [0, 0.1) is 6.92 Å². The van der Waals surface area contributed by atoms with Gasteiger partial charge in [-0.25, -0.2) is 0 Å². The molecule has 0 saturated carbocycles. The van der Waals surface area contributed by atoms with Crippen molar-refractivity contribution in [3.8, 4) is 0 Å². The number of nitrogens with one attached hydrogen (secondary N) is 1. The molecule has 0 amide bonds.